The van der Waals surface area contributed by atoms with Crippen LogP contribution in [0.15, 0.2) is 24.8 Å². The number of nitrogens with one attached hydrogen (secondary N) is 1. The van der Waals surface area contributed by atoms with Crippen molar-refractivity contribution < 1.29 is 18.8 Å². The lowest BCUT2D eigenvalue weighted by Crippen LogP contribution is -2.69. The first-order valence-corrected chi connectivity index (χ1v) is 13.9. The lowest BCUT2D eigenvalue weighted by molar-refractivity contribution is -0.185. The maximum Gasteiger partial charge on any atom is 0.295 e. The Kier molecular flexibility index (Phi) is 5.18. The van der Waals surface area contributed by atoms with Gasteiger partial charge in [0.1, 0.15) is 0 Å². The zero-order valence-electron chi connectivity index (χ0n) is 22.7. The number of rotatable bonds is 4. The number of pyridine rings is 1. The fourth-order valence-corrected chi connectivity index (χ4v) is 9.49. The molecule has 3 aromatic heterocycles. The molecule has 12 heteroatoms. The summed E-state index contributed by atoms with van der Waals surface area (Å²) in [5, 5.41) is 7.61. The van der Waals surface area contributed by atoms with Crippen molar-refractivity contribution in [3.8, 4) is 5.82 Å². The van der Waals surface area contributed by atoms with Crippen LogP contribution in [0.25, 0.3) is 16.7 Å². The van der Waals surface area contributed by atoms with E-state index >= 15 is 0 Å². The number of carbonyl (C=O) groups excluding carboxylic acids is 3. The maximum absolute atomic E-state index is 14.8. The Balaban J connectivity index is 1.07. The van der Waals surface area contributed by atoms with Gasteiger partial charge in [-0.05, 0) is 49.4 Å². The molecular formula is C28H33FN8O3. The van der Waals surface area contributed by atoms with Crippen LogP contribution in [-0.2, 0) is 9.59 Å². The van der Waals surface area contributed by atoms with Crippen LogP contribution in [0.1, 0.15) is 62.7 Å². The van der Waals surface area contributed by atoms with Crippen LogP contribution >= 0.6 is 0 Å². The van der Waals surface area contributed by atoms with E-state index in [1.807, 2.05) is 4.90 Å². The highest BCUT2D eigenvalue weighted by Crippen LogP contribution is 2.70. The minimum Gasteiger partial charge on any atom is -0.357 e. The Hall–Kier alpha value is -3.67. The van der Waals surface area contributed by atoms with E-state index < -0.39 is 22.9 Å². The van der Waals surface area contributed by atoms with E-state index in [1.54, 1.807) is 6.20 Å². The van der Waals surface area contributed by atoms with Crippen LogP contribution in [0.4, 0.5) is 4.39 Å². The van der Waals surface area contributed by atoms with E-state index in [1.165, 1.54) is 22.0 Å². The lowest BCUT2D eigenvalue weighted by Gasteiger charge is -2.68. The number of hydrogen-bond donors (Lipinski definition) is 2. The van der Waals surface area contributed by atoms with Crippen LogP contribution < -0.4 is 5.73 Å². The first kappa shape index (κ1) is 25.3. The van der Waals surface area contributed by atoms with Crippen LogP contribution in [0.2, 0.25) is 0 Å². The van der Waals surface area contributed by atoms with Gasteiger partial charge >= 0.3 is 0 Å². The Labute approximate surface area is 230 Å². The predicted molar refractivity (Wildman–Crippen MR) is 142 cm³/mol. The van der Waals surface area contributed by atoms with Gasteiger partial charge in [-0.1, -0.05) is 19.1 Å². The van der Waals surface area contributed by atoms with Crippen LogP contribution in [-0.4, -0.2) is 84.1 Å². The minimum atomic E-state index is -0.812. The molecule has 11 nitrogen and oxygen atoms in total. The number of aromatic amines is 1. The van der Waals surface area contributed by atoms with Crippen molar-refractivity contribution in [2.45, 2.75) is 57.9 Å². The highest BCUT2D eigenvalue weighted by molar-refractivity contribution is 6.45. The summed E-state index contributed by atoms with van der Waals surface area (Å²) in [5.41, 5.74) is 6.46. The van der Waals surface area contributed by atoms with Crippen LogP contribution in [0, 0.1) is 22.1 Å². The summed E-state index contributed by atoms with van der Waals surface area (Å²) in [6.45, 7) is 5.76. The summed E-state index contributed by atoms with van der Waals surface area (Å²) in [4.78, 5) is 50.8. The third-order valence-corrected chi connectivity index (χ3v) is 9.66. The van der Waals surface area contributed by atoms with E-state index in [0.29, 0.717) is 13.1 Å². The molecular weight excluding hydrogens is 515 g/mol. The van der Waals surface area contributed by atoms with E-state index in [-0.39, 0.29) is 57.6 Å². The van der Waals surface area contributed by atoms with Gasteiger partial charge in [-0.25, -0.2) is 14.1 Å². The van der Waals surface area contributed by atoms with Gasteiger partial charge in [-0.15, -0.1) is 5.10 Å². The number of fused-ring (bicyclic) bond motifs is 1. The van der Waals surface area contributed by atoms with Crippen molar-refractivity contribution in [1.29, 1.82) is 0 Å². The average Bonchev–Trinajstić information content (AvgIpc) is 3.56. The van der Waals surface area contributed by atoms with Crippen LogP contribution in [0.3, 0.4) is 0 Å². The normalized spacial score (nSPS) is 33.1. The van der Waals surface area contributed by atoms with Gasteiger partial charge in [-0.3, -0.25) is 14.4 Å². The summed E-state index contributed by atoms with van der Waals surface area (Å²) in [6.07, 6.45) is 10.8. The number of nitrogens with zero attached hydrogens (tertiary/aromatic N) is 6. The zero-order chi connectivity index (χ0) is 28.1. The summed E-state index contributed by atoms with van der Waals surface area (Å²) in [5.74, 6) is -1.85. The molecule has 4 saturated carbocycles. The second-order valence-corrected chi connectivity index (χ2v) is 13.5. The van der Waals surface area contributed by atoms with Gasteiger partial charge in [0.25, 0.3) is 11.7 Å². The molecule has 4 aliphatic carbocycles. The number of Topliss-reactive ketones (excluding diaryl/α,β-unsaturated/α-hetero) is 1. The first-order valence-electron chi connectivity index (χ1n) is 13.9. The quantitative estimate of drug-likeness (QED) is 0.376. The first-order chi connectivity index (χ1) is 18.9. The average molecular weight is 549 g/mol. The molecule has 0 radical (unpaired) electrons. The molecule has 40 heavy (non-hydrogen) atoms. The van der Waals surface area contributed by atoms with Gasteiger partial charge < -0.3 is 20.5 Å². The molecule has 2 amide bonds. The molecule has 8 rings (SSSR count). The second-order valence-electron chi connectivity index (χ2n) is 13.5. The summed E-state index contributed by atoms with van der Waals surface area (Å²) in [6, 6.07) is 0. The molecule has 5 fully saturated rings. The Bertz CT molecular complexity index is 1500. The van der Waals surface area contributed by atoms with Crippen molar-refractivity contribution in [3.05, 3.63) is 36.2 Å². The molecule has 3 aromatic rings. The number of H-pyrrole nitrogens is 1. The molecule has 0 spiro atoms. The molecule has 3 N–H and O–H groups in total. The van der Waals surface area contributed by atoms with Crippen molar-refractivity contribution in [2.24, 2.45) is 22.0 Å². The van der Waals surface area contributed by atoms with Crippen molar-refractivity contribution in [1.82, 2.24) is 34.8 Å². The molecule has 1 aliphatic heterocycles. The highest BCUT2D eigenvalue weighted by Gasteiger charge is 2.67. The topological polar surface area (TPSA) is 143 Å². The molecule has 4 heterocycles. The van der Waals surface area contributed by atoms with Crippen LogP contribution in [0.5, 0.6) is 0 Å². The van der Waals surface area contributed by atoms with E-state index in [2.05, 4.69) is 34.1 Å². The number of piperazine rings is 1. The number of carbonyl (C=O) groups is 3. The number of nitrogens with two attached hydrogens (primary N) is 1. The van der Waals surface area contributed by atoms with Crippen molar-refractivity contribution >= 4 is 28.5 Å². The molecule has 0 unspecified atom stereocenters. The summed E-state index contributed by atoms with van der Waals surface area (Å²) in [7, 11) is 0. The number of aromatic nitrogens is 5. The molecule has 0 aromatic carbocycles. The predicted octanol–water partition coefficient (Wildman–Crippen LogP) is 2.21. The standard InChI is InChI=1S/C28H33FN8O3/c1-25-11-26(2)13-27(12-25,16-28(30,14-25)15-26)24(40)36-7-5-35(6-8-36)23(39)21(38)17-9-31-20-19(17)18(29)10-32-22(20)37-4-3-33-34-37/h3-4,9-10,31H,5-8,11-16,30H2,1-2H3/t25-,26+,27+,28-. The number of hydrogen-bond acceptors (Lipinski definition) is 7. The fourth-order valence-electron chi connectivity index (χ4n) is 9.49. The Morgan fingerprint density at radius 1 is 0.975 bits per heavy atom. The molecule has 4 atom stereocenters. The number of amides is 2. The maximum atomic E-state index is 14.8. The molecule has 5 aliphatic rings. The van der Waals surface area contributed by atoms with E-state index in [0.717, 1.165) is 44.7 Å². The van der Waals surface area contributed by atoms with Gasteiger partial charge in [0.2, 0.25) is 5.91 Å². The van der Waals surface area contributed by atoms with Gasteiger partial charge in [0, 0.05) is 37.9 Å². The third kappa shape index (κ3) is 3.71. The van der Waals surface area contributed by atoms with E-state index in [4.69, 9.17) is 5.73 Å². The zero-order valence-corrected chi connectivity index (χ0v) is 22.7. The van der Waals surface area contributed by atoms with Gasteiger partial charge in [0.15, 0.2) is 11.6 Å². The number of halogens is 1. The van der Waals surface area contributed by atoms with Crippen molar-refractivity contribution in [2.75, 3.05) is 26.2 Å². The second kappa shape index (κ2) is 8.18. The SMILES string of the molecule is C[C@]12C[C@]3(C)C[C@](N)(C1)C[C@](C(=O)N1CCN(C(=O)C(=O)c4c[nH]c5c(-n6ccnn6)ncc(F)c45)CC1)(C2)C3. The smallest absolute Gasteiger partial charge is 0.295 e. The third-order valence-electron chi connectivity index (χ3n) is 9.66. The largest absolute Gasteiger partial charge is 0.357 e. The fraction of sp³-hybridized carbons (Fsp3) is 0.571. The van der Waals surface area contributed by atoms with Crippen molar-refractivity contribution in [3.63, 3.8) is 0 Å². The van der Waals surface area contributed by atoms with Gasteiger partial charge in [-0.2, -0.15) is 0 Å². The lowest BCUT2D eigenvalue weighted by atomic mass is 9.38. The van der Waals surface area contributed by atoms with Gasteiger partial charge in [0.05, 0.1) is 40.5 Å². The summed E-state index contributed by atoms with van der Waals surface area (Å²) < 4.78 is 16.2. The molecule has 4 bridgehead atoms. The molecule has 210 valence electrons. The van der Waals surface area contributed by atoms with E-state index in [9.17, 15) is 18.8 Å². The Morgan fingerprint density at radius 3 is 2.27 bits per heavy atom. The number of ketones is 1. The minimum absolute atomic E-state index is 0.0211. The monoisotopic (exact) mass is 548 g/mol. The molecule has 1 saturated heterocycles. The highest BCUT2D eigenvalue weighted by atomic mass is 19.1. The Morgan fingerprint density at radius 2 is 1.65 bits per heavy atom. The summed E-state index contributed by atoms with van der Waals surface area (Å²) >= 11 is 0.